The molecule has 0 atom stereocenters. The summed E-state index contributed by atoms with van der Waals surface area (Å²) in [6.45, 7) is 5.18. The van der Waals surface area contributed by atoms with Crippen LogP contribution in [0.15, 0.2) is 30.5 Å². The molecule has 4 rings (SSSR count). The molecule has 0 bridgehead atoms. The van der Waals surface area contributed by atoms with E-state index in [1.807, 2.05) is 0 Å². The zero-order valence-corrected chi connectivity index (χ0v) is 18.9. The number of aromatic nitrogens is 4. The molecule has 0 aliphatic carbocycles. The van der Waals surface area contributed by atoms with E-state index < -0.39 is 24.3 Å². The zero-order valence-electron chi connectivity index (χ0n) is 18.9. The summed E-state index contributed by atoms with van der Waals surface area (Å²) >= 11 is 0. The Morgan fingerprint density at radius 3 is 2.49 bits per heavy atom. The van der Waals surface area contributed by atoms with Gasteiger partial charge >= 0.3 is 6.18 Å². The first kappa shape index (κ1) is 24.5. The fourth-order valence-electron chi connectivity index (χ4n) is 3.61. The van der Waals surface area contributed by atoms with Gasteiger partial charge in [0.25, 0.3) is 5.91 Å². The van der Waals surface area contributed by atoms with E-state index in [0.29, 0.717) is 29.4 Å². The van der Waals surface area contributed by atoms with Gasteiger partial charge < -0.3 is 20.1 Å². The molecule has 1 aliphatic heterocycles. The molecule has 1 amide bonds. The molecule has 35 heavy (non-hydrogen) atoms. The number of β-amino-alcohol motifs (C(OH)–C–C–N with tert-alkyl or cyclic N) is 1. The van der Waals surface area contributed by atoms with Crippen molar-refractivity contribution in [1.82, 2.24) is 24.8 Å². The van der Waals surface area contributed by atoms with Gasteiger partial charge in [0.2, 0.25) is 5.95 Å². The van der Waals surface area contributed by atoms with Gasteiger partial charge in [0.15, 0.2) is 18.1 Å². The van der Waals surface area contributed by atoms with Crippen molar-refractivity contribution in [3.63, 3.8) is 0 Å². The number of benzene rings is 1. The molecule has 2 N–H and O–H groups in total. The van der Waals surface area contributed by atoms with E-state index in [9.17, 15) is 18.0 Å². The molecule has 13 heteroatoms. The van der Waals surface area contributed by atoms with Crippen LogP contribution in [0.1, 0.15) is 11.3 Å². The number of halogens is 3. The topological polar surface area (TPSA) is 117 Å². The van der Waals surface area contributed by atoms with Crippen LogP contribution in [0.2, 0.25) is 0 Å². The predicted octanol–water partition coefficient (Wildman–Crippen LogP) is 1.88. The molecular formula is C22H24F3N7O3. The highest BCUT2D eigenvalue weighted by Crippen LogP contribution is 2.30. The number of ether oxygens (including phenoxy) is 1. The van der Waals surface area contributed by atoms with Gasteiger partial charge in [0.1, 0.15) is 11.3 Å². The Morgan fingerprint density at radius 1 is 1.11 bits per heavy atom. The summed E-state index contributed by atoms with van der Waals surface area (Å²) in [4.78, 5) is 34.2. The Balaban J connectivity index is 1.37. The molecule has 1 fully saturated rings. The van der Waals surface area contributed by atoms with Crippen LogP contribution in [0.4, 0.5) is 24.9 Å². The number of nitrogens with one attached hydrogen (secondary N) is 1. The summed E-state index contributed by atoms with van der Waals surface area (Å²) in [5.74, 6) is 0.312. The van der Waals surface area contributed by atoms with Crippen LogP contribution in [-0.2, 0) is 11.0 Å². The summed E-state index contributed by atoms with van der Waals surface area (Å²) < 4.78 is 43.2. The molecule has 1 saturated heterocycles. The van der Waals surface area contributed by atoms with Crippen molar-refractivity contribution in [2.75, 3.05) is 56.2 Å². The van der Waals surface area contributed by atoms with Crippen molar-refractivity contribution in [1.29, 1.82) is 0 Å². The van der Waals surface area contributed by atoms with Gasteiger partial charge in [-0.3, -0.25) is 9.69 Å². The highest BCUT2D eigenvalue weighted by Gasteiger charge is 2.30. The molecule has 1 aromatic carbocycles. The number of aliphatic hydroxyl groups is 1. The Hall–Kier alpha value is -3.58. The molecule has 0 saturated carbocycles. The first-order valence-electron chi connectivity index (χ1n) is 10.9. The fraction of sp³-hybridized carbons (Fsp3) is 0.409. The molecule has 0 radical (unpaired) electrons. The van der Waals surface area contributed by atoms with E-state index in [1.54, 1.807) is 6.92 Å². The van der Waals surface area contributed by atoms with Crippen molar-refractivity contribution in [3.05, 3.63) is 41.7 Å². The van der Waals surface area contributed by atoms with Crippen molar-refractivity contribution >= 4 is 28.8 Å². The summed E-state index contributed by atoms with van der Waals surface area (Å²) in [6, 6.07) is 4.07. The van der Waals surface area contributed by atoms with Gasteiger partial charge in [0.05, 0.1) is 24.1 Å². The zero-order chi connectivity index (χ0) is 25.0. The first-order chi connectivity index (χ1) is 16.7. The van der Waals surface area contributed by atoms with Gasteiger partial charge in [-0.05, 0) is 31.2 Å². The number of carbonyl (C=O) groups is 1. The maximum Gasteiger partial charge on any atom is 0.416 e. The predicted molar refractivity (Wildman–Crippen MR) is 121 cm³/mol. The lowest BCUT2D eigenvalue weighted by Crippen LogP contribution is -2.47. The fourth-order valence-corrected chi connectivity index (χ4v) is 3.61. The number of aliphatic hydroxyl groups excluding tert-OH is 1. The minimum atomic E-state index is -4.44. The Labute approximate surface area is 198 Å². The number of anilines is 2. The van der Waals surface area contributed by atoms with Gasteiger partial charge in [-0.1, -0.05) is 0 Å². The van der Waals surface area contributed by atoms with E-state index in [0.717, 1.165) is 50.4 Å². The number of alkyl halides is 3. The first-order valence-corrected chi connectivity index (χ1v) is 10.9. The Kier molecular flexibility index (Phi) is 7.26. The number of hydrogen-bond donors (Lipinski definition) is 2. The van der Waals surface area contributed by atoms with Crippen LogP contribution < -0.4 is 15.0 Å². The van der Waals surface area contributed by atoms with Crippen LogP contribution in [-0.4, -0.2) is 81.8 Å². The normalized spacial score (nSPS) is 14.8. The second-order valence-electron chi connectivity index (χ2n) is 7.95. The maximum absolute atomic E-state index is 12.6. The molecule has 186 valence electrons. The lowest BCUT2D eigenvalue weighted by atomic mass is 10.2. The molecule has 0 spiro atoms. The quantitative estimate of drug-likeness (QED) is 0.511. The Bertz CT molecular complexity index is 1180. The van der Waals surface area contributed by atoms with Gasteiger partial charge in [0, 0.05) is 32.7 Å². The van der Waals surface area contributed by atoms with Gasteiger partial charge in [-0.2, -0.15) is 18.2 Å². The molecule has 1 aliphatic rings. The van der Waals surface area contributed by atoms with E-state index in [1.165, 1.54) is 6.20 Å². The number of carbonyl (C=O) groups excluding carboxylic acids is 1. The molecule has 0 unspecified atom stereocenters. The van der Waals surface area contributed by atoms with Crippen molar-refractivity contribution in [2.45, 2.75) is 13.1 Å². The Morgan fingerprint density at radius 2 is 1.83 bits per heavy atom. The summed E-state index contributed by atoms with van der Waals surface area (Å²) in [7, 11) is 0. The second-order valence-corrected chi connectivity index (χ2v) is 7.95. The minimum absolute atomic E-state index is 0.126. The number of rotatable bonds is 7. The average molecular weight is 491 g/mol. The standard InChI is InChI=1S/C22H24F3N7O3/c1-14-19-20(30-21(27-14)32-8-6-31(7-9-32)10-11-33)26-12-17(29-19)28-18(34)13-35-16-4-2-15(3-5-16)22(23,24)25/h2-5,12,33H,6-11,13H2,1H3,(H,28,29,34). The van der Waals surface area contributed by atoms with Gasteiger partial charge in [-0.15, -0.1) is 0 Å². The van der Waals surface area contributed by atoms with E-state index in [-0.39, 0.29) is 18.2 Å². The number of amides is 1. The maximum atomic E-state index is 12.6. The van der Waals surface area contributed by atoms with E-state index in [4.69, 9.17) is 9.84 Å². The van der Waals surface area contributed by atoms with E-state index in [2.05, 4.69) is 35.1 Å². The second kappa shape index (κ2) is 10.4. The third-order valence-electron chi connectivity index (χ3n) is 5.46. The number of nitrogens with zero attached hydrogens (tertiary/aromatic N) is 6. The van der Waals surface area contributed by atoms with Crippen molar-refractivity contribution in [3.8, 4) is 5.75 Å². The van der Waals surface area contributed by atoms with Crippen molar-refractivity contribution in [2.24, 2.45) is 0 Å². The van der Waals surface area contributed by atoms with Crippen LogP contribution in [0.3, 0.4) is 0 Å². The number of piperazine rings is 1. The largest absolute Gasteiger partial charge is 0.484 e. The highest BCUT2D eigenvalue weighted by molar-refractivity contribution is 5.91. The smallest absolute Gasteiger partial charge is 0.416 e. The molecule has 3 heterocycles. The van der Waals surface area contributed by atoms with Crippen molar-refractivity contribution < 1.29 is 27.8 Å². The summed E-state index contributed by atoms with van der Waals surface area (Å²) in [5.41, 5.74) is 0.635. The van der Waals surface area contributed by atoms with Crippen LogP contribution in [0.5, 0.6) is 5.75 Å². The minimum Gasteiger partial charge on any atom is -0.484 e. The third-order valence-corrected chi connectivity index (χ3v) is 5.46. The lowest BCUT2D eigenvalue weighted by molar-refractivity contribution is -0.137. The number of hydrogen-bond acceptors (Lipinski definition) is 9. The summed E-state index contributed by atoms with van der Waals surface area (Å²) in [5, 5.41) is 11.6. The van der Waals surface area contributed by atoms with Crippen LogP contribution in [0.25, 0.3) is 11.2 Å². The highest BCUT2D eigenvalue weighted by atomic mass is 19.4. The number of aryl methyl sites for hydroxylation is 1. The molecule has 10 nitrogen and oxygen atoms in total. The lowest BCUT2D eigenvalue weighted by Gasteiger charge is -2.34. The molecule has 2 aromatic heterocycles. The van der Waals surface area contributed by atoms with Crippen LogP contribution >= 0.6 is 0 Å². The monoisotopic (exact) mass is 491 g/mol. The van der Waals surface area contributed by atoms with Gasteiger partial charge in [-0.25, -0.2) is 15.0 Å². The third kappa shape index (κ3) is 6.11. The molecular weight excluding hydrogens is 467 g/mol. The van der Waals surface area contributed by atoms with Crippen LogP contribution in [0, 0.1) is 6.92 Å². The van der Waals surface area contributed by atoms with E-state index >= 15 is 0 Å². The average Bonchev–Trinajstić information content (AvgIpc) is 2.83. The SMILES string of the molecule is Cc1nc(N2CCN(CCO)CC2)nc2ncc(NC(=O)COc3ccc(C(F)(F)F)cc3)nc12. The molecule has 3 aromatic rings. The summed E-state index contributed by atoms with van der Waals surface area (Å²) in [6.07, 6.45) is -3.07. The number of fused-ring (bicyclic) bond motifs is 1.